The van der Waals surface area contributed by atoms with Crippen LogP contribution in [0.4, 0.5) is 0 Å². The third kappa shape index (κ3) is 3.26. The van der Waals surface area contributed by atoms with Crippen LogP contribution < -0.4 is 0 Å². The Balaban J connectivity index is 1.47. The molecule has 0 N–H and O–H groups in total. The predicted octanol–water partition coefficient (Wildman–Crippen LogP) is 1.60. The van der Waals surface area contributed by atoms with Crippen molar-refractivity contribution in [2.45, 2.75) is 51.6 Å². The molecular formula is C15H24N4O2. The molecule has 1 saturated heterocycles. The molecule has 2 fully saturated rings. The van der Waals surface area contributed by atoms with Gasteiger partial charge in [-0.3, -0.25) is 9.69 Å². The molecule has 2 aliphatic rings. The molecular weight excluding hydrogens is 268 g/mol. The lowest BCUT2D eigenvalue weighted by molar-refractivity contribution is -0.139. The minimum absolute atomic E-state index is 0.300. The molecule has 1 aliphatic carbocycles. The normalized spacial score (nSPS) is 21.2. The van der Waals surface area contributed by atoms with E-state index in [1.807, 2.05) is 18.9 Å². The molecule has 2 heterocycles. The number of carbonyl (C=O) groups is 1. The first-order chi connectivity index (χ1) is 10.1. The minimum Gasteiger partial charge on any atom is -0.342 e. The smallest absolute Gasteiger partial charge is 0.240 e. The highest BCUT2D eigenvalue weighted by atomic mass is 16.5. The average Bonchev–Trinajstić information content (AvgIpc) is 2.82. The van der Waals surface area contributed by atoms with E-state index < -0.39 is 0 Å². The third-order valence-corrected chi connectivity index (χ3v) is 4.84. The Morgan fingerprint density at radius 1 is 1.33 bits per heavy atom. The van der Waals surface area contributed by atoms with Crippen molar-refractivity contribution in [2.75, 3.05) is 20.1 Å². The first kappa shape index (κ1) is 14.5. The molecule has 1 aromatic heterocycles. The van der Waals surface area contributed by atoms with Crippen LogP contribution in [-0.2, 0) is 11.3 Å². The summed E-state index contributed by atoms with van der Waals surface area (Å²) in [6, 6.07) is 0.388. The molecule has 116 valence electrons. The summed E-state index contributed by atoms with van der Waals surface area (Å²) < 4.78 is 5.17. The molecule has 0 unspecified atom stereocenters. The summed E-state index contributed by atoms with van der Waals surface area (Å²) in [6.07, 6.45) is 5.44. The van der Waals surface area contributed by atoms with Gasteiger partial charge in [0.15, 0.2) is 5.82 Å². The van der Waals surface area contributed by atoms with Gasteiger partial charge in [-0.15, -0.1) is 0 Å². The van der Waals surface area contributed by atoms with Crippen LogP contribution in [0.3, 0.4) is 0 Å². The number of amides is 1. The van der Waals surface area contributed by atoms with Gasteiger partial charge >= 0.3 is 0 Å². The summed E-state index contributed by atoms with van der Waals surface area (Å²) in [7, 11) is 1.97. The topological polar surface area (TPSA) is 62.5 Å². The van der Waals surface area contributed by atoms with E-state index in [-0.39, 0.29) is 0 Å². The van der Waals surface area contributed by atoms with Crippen molar-refractivity contribution < 1.29 is 9.32 Å². The lowest BCUT2D eigenvalue weighted by Crippen LogP contribution is -2.48. The van der Waals surface area contributed by atoms with E-state index in [1.54, 1.807) is 0 Å². The molecule has 0 spiro atoms. The second-order valence-electron chi connectivity index (χ2n) is 6.32. The van der Waals surface area contributed by atoms with Crippen molar-refractivity contribution in [3.05, 3.63) is 11.7 Å². The minimum atomic E-state index is 0.300. The average molecular weight is 292 g/mol. The van der Waals surface area contributed by atoms with Crippen LogP contribution in [0.2, 0.25) is 0 Å². The molecule has 0 atom stereocenters. The number of piperidine rings is 1. The van der Waals surface area contributed by atoms with Crippen LogP contribution in [0, 0.1) is 12.8 Å². The van der Waals surface area contributed by atoms with Gasteiger partial charge in [-0.05, 0) is 32.6 Å². The van der Waals surface area contributed by atoms with Crippen LogP contribution >= 0.6 is 0 Å². The van der Waals surface area contributed by atoms with Crippen molar-refractivity contribution in [3.63, 3.8) is 0 Å². The van der Waals surface area contributed by atoms with E-state index in [0.29, 0.717) is 36.1 Å². The van der Waals surface area contributed by atoms with Gasteiger partial charge in [-0.25, -0.2) is 0 Å². The Hall–Kier alpha value is -1.43. The fourth-order valence-corrected chi connectivity index (χ4v) is 3.18. The molecule has 0 bridgehead atoms. The van der Waals surface area contributed by atoms with Gasteiger partial charge in [0.05, 0.1) is 6.54 Å². The van der Waals surface area contributed by atoms with Gasteiger partial charge in [0.25, 0.3) is 0 Å². The molecule has 1 aliphatic heterocycles. The fourth-order valence-electron chi connectivity index (χ4n) is 3.18. The Morgan fingerprint density at radius 3 is 2.57 bits per heavy atom. The van der Waals surface area contributed by atoms with Gasteiger partial charge in [0.1, 0.15) is 0 Å². The highest BCUT2D eigenvalue weighted by Crippen LogP contribution is 2.29. The van der Waals surface area contributed by atoms with E-state index in [0.717, 1.165) is 38.8 Å². The van der Waals surface area contributed by atoms with Crippen LogP contribution in [0.15, 0.2) is 4.52 Å². The Kier molecular flexibility index (Phi) is 4.24. The zero-order valence-corrected chi connectivity index (χ0v) is 12.9. The summed E-state index contributed by atoms with van der Waals surface area (Å²) in [4.78, 5) is 20.8. The summed E-state index contributed by atoms with van der Waals surface area (Å²) in [5.74, 6) is 2.03. The molecule has 1 aromatic rings. The number of aryl methyl sites for hydroxylation is 1. The predicted molar refractivity (Wildman–Crippen MR) is 77.4 cm³/mol. The summed E-state index contributed by atoms with van der Waals surface area (Å²) in [5.41, 5.74) is 0. The largest absolute Gasteiger partial charge is 0.342 e. The fraction of sp³-hybridized carbons (Fsp3) is 0.800. The highest BCUT2D eigenvalue weighted by molar-refractivity contribution is 5.79. The van der Waals surface area contributed by atoms with Gasteiger partial charge < -0.3 is 9.42 Å². The molecule has 1 amide bonds. The first-order valence-corrected chi connectivity index (χ1v) is 7.91. The number of nitrogens with zero attached hydrogens (tertiary/aromatic N) is 4. The monoisotopic (exact) mass is 292 g/mol. The van der Waals surface area contributed by atoms with E-state index >= 15 is 0 Å². The summed E-state index contributed by atoms with van der Waals surface area (Å²) in [5, 5.41) is 3.82. The first-order valence-electron chi connectivity index (χ1n) is 7.91. The number of rotatable bonds is 4. The molecule has 6 heteroatoms. The molecule has 6 nitrogen and oxygen atoms in total. The van der Waals surface area contributed by atoms with Crippen molar-refractivity contribution in [1.82, 2.24) is 19.9 Å². The van der Waals surface area contributed by atoms with Crippen LogP contribution in [0.5, 0.6) is 0 Å². The van der Waals surface area contributed by atoms with E-state index in [9.17, 15) is 4.79 Å². The van der Waals surface area contributed by atoms with Crippen molar-refractivity contribution in [1.29, 1.82) is 0 Å². The number of carbonyl (C=O) groups excluding carboxylic acids is 1. The van der Waals surface area contributed by atoms with Gasteiger partial charge in [0.2, 0.25) is 11.8 Å². The lowest BCUT2D eigenvalue weighted by atomic mass is 9.84. The number of hydrogen-bond acceptors (Lipinski definition) is 5. The summed E-state index contributed by atoms with van der Waals surface area (Å²) >= 11 is 0. The van der Waals surface area contributed by atoms with Crippen molar-refractivity contribution in [2.24, 2.45) is 5.92 Å². The SMILES string of the molecule is Cc1noc(CN2CCC(N(C)C(=O)C3CCC3)CC2)n1. The second kappa shape index (κ2) is 6.13. The highest BCUT2D eigenvalue weighted by Gasteiger charge is 2.32. The van der Waals surface area contributed by atoms with E-state index in [2.05, 4.69) is 15.0 Å². The maximum Gasteiger partial charge on any atom is 0.240 e. The standard InChI is InChI=1S/C15H24N4O2/c1-11-16-14(21-17-11)10-19-8-6-13(7-9-19)18(2)15(20)12-4-3-5-12/h12-13H,3-10H2,1-2H3. The maximum atomic E-state index is 12.3. The molecule has 0 aromatic carbocycles. The molecule has 3 rings (SSSR count). The van der Waals surface area contributed by atoms with Gasteiger partial charge in [-0.1, -0.05) is 11.6 Å². The van der Waals surface area contributed by atoms with Crippen molar-refractivity contribution in [3.8, 4) is 0 Å². The second-order valence-corrected chi connectivity index (χ2v) is 6.32. The maximum absolute atomic E-state index is 12.3. The van der Waals surface area contributed by atoms with E-state index in [1.165, 1.54) is 6.42 Å². The molecule has 1 saturated carbocycles. The lowest BCUT2D eigenvalue weighted by Gasteiger charge is -2.39. The van der Waals surface area contributed by atoms with Crippen LogP contribution in [0.1, 0.15) is 43.8 Å². The van der Waals surface area contributed by atoms with Gasteiger partial charge in [0, 0.05) is 32.1 Å². The van der Waals surface area contributed by atoms with Crippen LogP contribution in [-0.4, -0.2) is 52.0 Å². The Morgan fingerprint density at radius 2 is 2.05 bits per heavy atom. The number of aromatic nitrogens is 2. The number of likely N-dealkylation sites (tertiary alicyclic amines) is 1. The number of hydrogen-bond donors (Lipinski definition) is 0. The van der Waals surface area contributed by atoms with E-state index in [4.69, 9.17) is 4.52 Å². The zero-order chi connectivity index (χ0) is 14.8. The van der Waals surface area contributed by atoms with Crippen molar-refractivity contribution >= 4 is 5.91 Å². The summed E-state index contributed by atoms with van der Waals surface area (Å²) in [6.45, 7) is 4.51. The molecule has 21 heavy (non-hydrogen) atoms. The van der Waals surface area contributed by atoms with Gasteiger partial charge in [-0.2, -0.15) is 4.98 Å². The Labute approximate surface area is 125 Å². The van der Waals surface area contributed by atoms with Crippen LogP contribution in [0.25, 0.3) is 0 Å². The zero-order valence-electron chi connectivity index (χ0n) is 12.9. The quantitative estimate of drug-likeness (QED) is 0.843. The Bertz CT molecular complexity index is 490. The molecule has 0 radical (unpaired) electrons. The third-order valence-electron chi connectivity index (χ3n) is 4.84.